The van der Waals surface area contributed by atoms with Crippen molar-refractivity contribution >= 4 is 17.2 Å². The second kappa shape index (κ2) is 9.63. The number of hydrogen-bond donors (Lipinski definition) is 1. The molecular formula is C24H27FN4O4S. The number of nitrogens with zero attached hydrogens (tertiary/aromatic N) is 4. The number of aromatic hydroxyl groups is 1. The molecular weight excluding hydrogens is 459 g/mol. The molecule has 1 atom stereocenters. The molecule has 1 aliphatic heterocycles. The van der Waals surface area contributed by atoms with Gasteiger partial charge in [0, 0.05) is 25.2 Å². The van der Waals surface area contributed by atoms with Crippen molar-refractivity contribution in [3.63, 3.8) is 0 Å². The van der Waals surface area contributed by atoms with Crippen molar-refractivity contribution in [2.24, 2.45) is 0 Å². The smallest absolute Gasteiger partial charge is 0.275 e. The van der Waals surface area contributed by atoms with Crippen LogP contribution in [0.4, 0.5) is 4.39 Å². The van der Waals surface area contributed by atoms with E-state index in [4.69, 9.17) is 4.74 Å². The number of benzene rings is 1. The van der Waals surface area contributed by atoms with Crippen molar-refractivity contribution in [1.29, 1.82) is 0 Å². The Kier molecular flexibility index (Phi) is 6.81. The maximum atomic E-state index is 13.3. The number of amides is 1. The number of halogens is 1. The SMILES string of the molecule is CC(C)OC[C@@H]1Cn2cc(-c3nnc(Cc4ccc(F)cc4)s3)c(=O)c(O)c2C(=O)N1C(C)C. The third kappa shape index (κ3) is 4.74. The first-order valence-electron chi connectivity index (χ1n) is 11.1. The first-order chi connectivity index (χ1) is 16.2. The van der Waals surface area contributed by atoms with Gasteiger partial charge in [-0.05, 0) is 45.4 Å². The van der Waals surface area contributed by atoms with E-state index < -0.39 is 17.1 Å². The van der Waals surface area contributed by atoms with E-state index >= 15 is 0 Å². The molecule has 0 saturated heterocycles. The molecule has 0 fully saturated rings. The third-order valence-corrected chi connectivity index (χ3v) is 6.59. The van der Waals surface area contributed by atoms with Crippen LogP contribution in [0, 0.1) is 5.82 Å². The van der Waals surface area contributed by atoms with Crippen LogP contribution >= 0.6 is 11.3 Å². The second-order valence-corrected chi connectivity index (χ2v) is 9.93. The highest BCUT2D eigenvalue weighted by Crippen LogP contribution is 2.30. The van der Waals surface area contributed by atoms with Gasteiger partial charge >= 0.3 is 0 Å². The van der Waals surface area contributed by atoms with Gasteiger partial charge in [0.15, 0.2) is 16.5 Å². The molecule has 0 radical (unpaired) electrons. The van der Waals surface area contributed by atoms with Gasteiger partial charge in [-0.15, -0.1) is 10.2 Å². The average Bonchev–Trinajstić information content (AvgIpc) is 3.24. The highest BCUT2D eigenvalue weighted by molar-refractivity contribution is 7.14. The number of carbonyl (C=O) groups is 1. The van der Waals surface area contributed by atoms with Gasteiger partial charge in [-0.2, -0.15) is 0 Å². The maximum Gasteiger partial charge on any atom is 0.275 e. The van der Waals surface area contributed by atoms with Gasteiger partial charge in [0.1, 0.15) is 10.8 Å². The molecule has 2 aromatic heterocycles. The van der Waals surface area contributed by atoms with E-state index in [0.717, 1.165) is 5.56 Å². The molecule has 8 nitrogen and oxygen atoms in total. The Labute approximate surface area is 200 Å². The zero-order valence-corrected chi connectivity index (χ0v) is 20.3. The molecule has 1 aromatic carbocycles. The highest BCUT2D eigenvalue weighted by Gasteiger charge is 2.37. The summed E-state index contributed by atoms with van der Waals surface area (Å²) in [5, 5.41) is 20.0. The van der Waals surface area contributed by atoms with E-state index in [9.17, 15) is 19.1 Å². The fraction of sp³-hybridized carbons (Fsp3) is 0.417. The molecule has 1 amide bonds. The predicted octanol–water partition coefficient (Wildman–Crippen LogP) is 3.46. The molecule has 0 bridgehead atoms. The number of pyridine rings is 1. The first kappa shape index (κ1) is 24.0. The van der Waals surface area contributed by atoms with Crippen molar-refractivity contribution in [3.8, 4) is 16.3 Å². The molecule has 0 aliphatic carbocycles. The van der Waals surface area contributed by atoms with Crippen LogP contribution in [0.25, 0.3) is 10.6 Å². The van der Waals surface area contributed by atoms with E-state index in [-0.39, 0.29) is 35.3 Å². The lowest BCUT2D eigenvalue weighted by Crippen LogP contribution is -2.54. The highest BCUT2D eigenvalue weighted by atomic mass is 32.1. The molecule has 180 valence electrons. The molecule has 34 heavy (non-hydrogen) atoms. The largest absolute Gasteiger partial charge is 0.503 e. The summed E-state index contributed by atoms with van der Waals surface area (Å²) in [6, 6.07) is 5.71. The van der Waals surface area contributed by atoms with Crippen LogP contribution in [-0.4, -0.2) is 55.5 Å². The fourth-order valence-corrected chi connectivity index (χ4v) is 4.96. The Hall–Kier alpha value is -3.11. The molecule has 1 aliphatic rings. The van der Waals surface area contributed by atoms with Gasteiger partial charge in [0.2, 0.25) is 5.43 Å². The topological polar surface area (TPSA) is 97.5 Å². The lowest BCUT2D eigenvalue weighted by atomic mass is 10.1. The molecule has 3 aromatic rings. The predicted molar refractivity (Wildman–Crippen MR) is 127 cm³/mol. The van der Waals surface area contributed by atoms with Crippen molar-refractivity contribution in [3.05, 3.63) is 62.8 Å². The third-order valence-electron chi connectivity index (χ3n) is 5.64. The molecule has 10 heteroatoms. The molecule has 0 unspecified atom stereocenters. The fourth-order valence-electron chi connectivity index (χ4n) is 4.08. The standard InChI is InChI=1S/C24H27FN4O4S/c1-13(2)29-17(12-33-14(3)4)10-28-11-18(21(30)22(31)20(28)24(29)32)23-27-26-19(34-23)9-15-5-7-16(25)8-6-15/h5-8,11,13-14,17,31H,9-10,12H2,1-4H3/t17-/m0/s1. The van der Waals surface area contributed by atoms with Gasteiger partial charge in [-0.1, -0.05) is 23.5 Å². The Morgan fingerprint density at radius 2 is 1.88 bits per heavy atom. The van der Waals surface area contributed by atoms with Crippen molar-refractivity contribution in [2.75, 3.05) is 6.61 Å². The minimum absolute atomic E-state index is 0.00409. The van der Waals surface area contributed by atoms with E-state index in [2.05, 4.69) is 10.2 Å². The Morgan fingerprint density at radius 1 is 1.18 bits per heavy atom. The Balaban J connectivity index is 1.68. The number of ether oxygens (including phenoxy) is 1. The van der Waals surface area contributed by atoms with E-state index in [1.54, 1.807) is 27.8 Å². The minimum Gasteiger partial charge on any atom is -0.503 e. The summed E-state index contributed by atoms with van der Waals surface area (Å²) in [4.78, 5) is 27.9. The number of rotatable bonds is 7. The second-order valence-electron chi connectivity index (χ2n) is 8.87. The molecule has 1 N–H and O–H groups in total. The normalized spacial score (nSPS) is 15.9. The van der Waals surface area contributed by atoms with Crippen LogP contribution in [0.5, 0.6) is 5.75 Å². The van der Waals surface area contributed by atoms with Crippen LogP contribution in [0.3, 0.4) is 0 Å². The van der Waals surface area contributed by atoms with Crippen molar-refractivity contribution < 1.29 is 19.0 Å². The Bertz CT molecular complexity index is 1250. The van der Waals surface area contributed by atoms with Crippen LogP contribution < -0.4 is 5.43 Å². The number of hydrogen-bond acceptors (Lipinski definition) is 7. The van der Waals surface area contributed by atoms with Gasteiger partial charge in [0.05, 0.1) is 24.3 Å². The van der Waals surface area contributed by atoms with E-state index in [1.807, 2.05) is 27.7 Å². The first-order valence-corrected chi connectivity index (χ1v) is 11.9. The van der Waals surface area contributed by atoms with Crippen LogP contribution in [0.1, 0.15) is 48.8 Å². The minimum atomic E-state index is -0.662. The summed E-state index contributed by atoms with van der Waals surface area (Å²) in [5.41, 5.74) is 0.351. The summed E-state index contributed by atoms with van der Waals surface area (Å²) in [6.45, 7) is 8.35. The summed E-state index contributed by atoms with van der Waals surface area (Å²) in [6.07, 6.45) is 2.01. The van der Waals surface area contributed by atoms with Crippen LogP contribution in [-0.2, 0) is 17.7 Å². The lowest BCUT2D eigenvalue weighted by molar-refractivity contribution is 0.00283. The van der Waals surface area contributed by atoms with Crippen LogP contribution in [0.15, 0.2) is 35.3 Å². The van der Waals surface area contributed by atoms with Crippen molar-refractivity contribution in [1.82, 2.24) is 19.7 Å². The zero-order valence-electron chi connectivity index (χ0n) is 19.5. The van der Waals surface area contributed by atoms with E-state index in [0.29, 0.717) is 29.6 Å². The number of carbonyl (C=O) groups excluding carboxylic acids is 1. The molecule has 0 spiro atoms. The van der Waals surface area contributed by atoms with Gasteiger partial charge in [0.25, 0.3) is 5.91 Å². The summed E-state index contributed by atoms with van der Waals surface area (Å²) in [5.74, 6) is -1.32. The number of aromatic nitrogens is 3. The molecule has 0 saturated carbocycles. The zero-order chi connectivity index (χ0) is 24.6. The average molecular weight is 487 g/mol. The van der Waals surface area contributed by atoms with E-state index in [1.165, 1.54) is 23.5 Å². The van der Waals surface area contributed by atoms with Gasteiger partial charge in [-0.3, -0.25) is 9.59 Å². The number of fused-ring (bicyclic) bond motifs is 1. The monoisotopic (exact) mass is 486 g/mol. The Morgan fingerprint density at radius 3 is 2.53 bits per heavy atom. The quantitative estimate of drug-likeness (QED) is 0.549. The van der Waals surface area contributed by atoms with Gasteiger partial charge < -0.3 is 19.3 Å². The van der Waals surface area contributed by atoms with Gasteiger partial charge in [-0.25, -0.2) is 4.39 Å². The lowest BCUT2D eigenvalue weighted by Gasteiger charge is -2.40. The summed E-state index contributed by atoms with van der Waals surface area (Å²) < 4.78 is 20.6. The summed E-state index contributed by atoms with van der Waals surface area (Å²) >= 11 is 1.22. The molecule has 3 heterocycles. The van der Waals surface area contributed by atoms with Crippen molar-refractivity contribution in [2.45, 2.75) is 58.8 Å². The summed E-state index contributed by atoms with van der Waals surface area (Å²) in [7, 11) is 0. The molecule has 4 rings (SSSR count). The maximum absolute atomic E-state index is 13.3. The van der Waals surface area contributed by atoms with Crippen LogP contribution in [0.2, 0.25) is 0 Å².